The SMILES string of the molecule is CCCNC(=O)CNS(=O)(=O)c1ccc(Br)c(F)c1. The summed E-state index contributed by atoms with van der Waals surface area (Å²) in [4.78, 5) is 11.1. The molecule has 0 heterocycles. The summed E-state index contributed by atoms with van der Waals surface area (Å²) >= 11 is 2.93. The number of rotatable bonds is 6. The van der Waals surface area contributed by atoms with Crippen LogP contribution in [0.25, 0.3) is 0 Å². The number of benzene rings is 1. The van der Waals surface area contributed by atoms with Gasteiger partial charge in [0, 0.05) is 6.54 Å². The van der Waals surface area contributed by atoms with E-state index in [0.29, 0.717) is 6.54 Å². The second kappa shape index (κ2) is 6.97. The number of amides is 1. The smallest absolute Gasteiger partial charge is 0.241 e. The fraction of sp³-hybridized carbons (Fsp3) is 0.364. The number of hydrogen-bond acceptors (Lipinski definition) is 3. The molecule has 0 aliphatic carbocycles. The lowest BCUT2D eigenvalue weighted by Crippen LogP contribution is -2.37. The lowest BCUT2D eigenvalue weighted by atomic mass is 10.3. The molecule has 0 unspecified atom stereocenters. The maximum absolute atomic E-state index is 13.3. The minimum Gasteiger partial charge on any atom is -0.355 e. The highest BCUT2D eigenvalue weighted by Gasteiger charge is 2.16. The molecule has 0 aliphatic rings. The highest BCUT2D eigenvalue weighted by atomic mass is 79.9. The van der Waals surface area contributed by atoms with Gasteiger partial charge in [0.05, 0.1) is 15.9 Å². The third kappa shape index (κ3) is 4.88. The highest BCUT2D eigenvalue weighted by Crippen LogP contribution is 2.19. The average Bonchev–Trinajstić information content (AvgIpc) is 2.37. The Morgan fingerprint density at radius 3 is 2.68 bits per heavy atom. The number of carbonyl (C=O) groups is 1. The van der Waals surface area contributed by atoms with Crippen LogP contribution >= 0.6 is 15.9 Å². The molecule has 0 bridgehead atoms. The van der Waals surface area contributed by atoms with E-state index < -0.39 is 21.7 Å². The number of carbonyl (C=O) groups excluding carboxylic acids is 1. The Bertz CT molecular complexity index is 563. The quantitative estimate of drug-likeness (QED) is 0.812. The molecule has 0 fully saturated rings. The van der Waals surface area contributed by atoms with Crippen molar-refractivity contribution in [2.24, 2.45) is 0 Å². The summed E-state index contributed by atoms with van der Waals surface area (Å²) in [5.41, 5.74) is 0. The van der Waals surface area contributed by atoms with Crippen LogP contribution in [0.5, 0.6) is 0 Å². The van der Waals surface area contributed by atoms with E-state index in [1.165, 1.54) is 12.1 Å². The van der Waals surface area contributed by atoms with E-state index in [1.54, 1.807) is 0 Å². The van der Waals surface area contributed by atoms with E-state index in [4.69, 9.17) is 0 Å². The molecular weight excluding hydrogens is 339 g/mol. The van der Waals surface area contributed by atoms with E-state index in [9.17, 15) is 17.6 Å². The van der Waals surface area contributed by atoms with Gasteiger partial charge in [-0.2, -0.15) is 0 Å². The molecule has 1 aromatic carbocycles. The minimum absolute atomic E-state index is 0.173. The maximum Gasteiger partial charge on any atom is 0.241 e. The molecule has 1 rings (SSSR count). The standard InChI is InChI=1S/C11H14BrFN2O3S/c1-2-5-14-11(16)7-15-19(17,18)8-3-4-9(12)10(13)6-8/h3-4,6,15H,2,5,7H2,1H3,(H,14,16). The van der Waals surface area contributed by atoms with Gasteiger partial charge in [0.25, 0.3) is 0 Å². The first-order chi connectivity index (χ1) is 8.86. The van der Waals surface area contributed by atoms with Gasteiger partial charge in [-0.25, -0.2) is 17.5 Å². The highest BCUT2D eigenvalue weighted by molar-refractivity contribution is 9.10. The van der Waals surface area contributed by atoms with Gasteiger partial charge in [0.15, 0.2) is 0 Å². The zero-order valence-corrected chi connectivity index (χ0v) is 12.6. The summed E-state index contributed by atoms with van der Waals surface area (Å²) in [5, 5.41) is 2.53. The average molecular weight is 353 g/mol. The topological polar surface area (TPSA) is 75.3 Å². The molecule has 8 heteroatoms. The van der Waals surface area contributed by atoms with Crippen molar-refractivity contribution in [3.05, 3.63) is 28.5 Å². The summed E-state index contributed by atoms with van der Waals surface area (Å²) in [6.45, 7) is 1.99. The van der Waals surface area contributed by atoms with Crippen molar-refractivity contribution in [1.82, 2.24) is 10.0 Å². The van der Waals surface area contributed by atoms with Crippen LogP contribution in [0.1, 0.15) is 13.3 Å². The van der Waals surface area contributed by atoms with Gasteiger partial charge < -0.3 is 5.32 Å². The molecule has 106 valence electrons. The van der Waals surface area contributed by atoms with Crippen LogP contribution in [0, 0.1) is 5.82 Å². The molecule has 5 nitrogen and oxygen atoms in total. The molecule has 0 atom stereocenters. The second-order valence-electron chi connectivity index (χ2n) is 3.75. The first kappa shape index (κ1) is 16.1. The fourth-order valence-corrected chi connectivity index (χ4v) is 2.46. The summed E-state index contributed by atoms with van der Waals surface area (Å²) < 4.78 is 39.1. The van der Waals surface area contributed by atoms with Gasteiger partial charge in [-0.3, -0.25) is 4.79 Å². The van der Waals surface area contributed by atoms with Gasteiger partial charge in [0.1, 0.15) is 5.82 Å². The van der Waals surface area contributed by atoms with E-state index in [0.717, 1.165) is 12.5 Å². The molecule has 2 N–H and O–H groups in total. The van der Waals surface area contributed by atoms with E-state index >= 15 is 0 Å². The van der Waals surface area contributed by atoms with Crippen LogP contribution < -0.4 is 10.0 Å². The Morgan fingerprint density at radius 2 is 2.11 bits per heavy atom. The number of hydrogen-bond donors (Lipinski definition) is 2. The van der Waals surface area contributed by atoms with Crippen LogP contribution in [0.3, 0.4) is 0 Å². The molecule has 0 spiro atoms. The molecule has 0 aromatic heterocycles. The molecule has 1 amide bonds. The normalized spacial score (nSPS) is 11.3. The zero-order chi connectivity index (χ0) is 14.5. The Morgan fingerprint density at radius 1 is 1.42 bits per heavy atom. The van der Waals surface area contributed by atoms with Crippen LogP contribution in [0.4, 0.5) is 4.39 Å². The summed E-state index contributed by atoms with van der Waals surface area (Å²) in [5.74, 6) is -1.11. The Labute approximate surface area is 119 Å². The molecule has 0 saturated heterocycles. The van der Waals surface area contributed by atoms with Crippen molar-refractivity contribution in [2.75, 3.05) is 13.1 Å². The predicted octanol–water partition coefficient (Wildman–Crippen LogP) is 1.39. The zero-order valence-electron chi connectivity index (χ0n) is 10.2. The molecule has 0 aliphatic heterocycles. The monoisotopic (exact) mass is 352 g/mol. The Hall–Kier alpha value is -0.990. The molecule has 1 aromatic rings. The van der Waals surface area contributed by atoms with Crippen LogP contribution in [-0.2, 0) is 14.8 Å². The predicted molar refractivity (Wildman–Crippen MR) is 72.6 cm³/mol. The van der Waals surface area contributed by atoms with Crippen molar-refractivity contribution in [3.8, 4) is 0 Å². The third-order valence-electron chi connectivity index (χ3n) is 2.20. The fourth-order valence-electron chi connectivity index (χ4n) is 1.21. The van der Waals surface area contributed by atoms with Crippen molar-refractivity contribution in [3.63, 3.8) is 0 Å². The second-order valence-corrected chi connectivity index (χ2v) is 6.37. The van der Waals surface area contributed by atoms with Crippen molar-refractivity contribution >= 4 is 31.9 Å². The maximum atomic E-state index is 13.3. The van der Waals surface area contributed by atoms with E-state index in [1.807, 2.05) is 6.92 Å². The van der Waals surface area contributed by atoms with Crippen LogP contribution in [-0.4, -0.2) is 27.4 Å². The summed E-state index contributed by atoms with van der Waals surface area (Å²) in [6.07, 6.45) is 0.760. The van der Waals surface area contributed by atoms with Crippen molar-refractivity contribution in [1.29, 1.82) is 0 Å². The van der Waals surface area contributed by atoms with Gasteiger partial charge in [-0.15, -0.1) is 0 Å². The van der Waals surface area contributed by atoms with Gasteiger partial charge in [0.2, 0.25) is 15.9 Å². The summed E-state index contributed by atoms with van der Waals surface area (Å²) in [7, 11) is -3.89. The van der Waals surface area contributed by atoms with Gasteiger partial charge in [-0.05, 0) is 40.5 Å². The largest absolute Gasteiger partial charge is 0.355 e. The molecule has 19 heavy (non-hydrogen) atoms. The van der Waals surface area contributed by atoms with Gasteiger partial charge in [-0.1, -0.05) is 6.92 Å². The Balaban J connectivity index is 2.70. The first-order valence-corrected chi connectivity index (χ1v) is 7.86. The lowest BCUT2D eigenvalue weighted by Gasteiger charge is -2.07. The van der Waals surface area contributed by atoms with Crippen molar-refractivity contribution in [2.45, 2.75) is 18.2 Å². The minimum atomic E-state index is -3.89. The van der Waals surface area contributed by atoms with Crippen LogP contribution in [0.15, 0.2) is 27.6 Å². The number of halogens is 2. The van der Waals surface area contributed by atoms with Crippen LogP contribution in [0.2, 0.25) is 0 Å². The first-order valence-electron chi connectivity index (χ1n) is 5.58. The number of nitrogens with one attached hydrogen (secondary N) is 2. The molecular formula is C11H14BrFN2O3S. The van der Waals surface area contributed by atoms with Gasteiger partial charge >= 0.3 is 0 Å². The van der Waals surface area contributed by atoms with Crippen molar-refractivity contribution < 1.29 is 17.6 Å². The lowest BCUT2D eigenvalue weighted by molar-refractivity contribution is -0.119. The Kier molecular flexibility index (Phi) is 5.89. The number of sulfonamides is 1. The molecule has 0 saturated carbocycles. The van der Waals surface area contributed by atoms with E-state index in [2.05, 4.69) is 26.0 Å². The summed E-state index contributed by atoms with van der Waals surface area (Å²) in [6, 6.07) is 3.43. The molecule has 0 radical (unpaired) electrons. The van der Waals surface area contributed by atoms with E-state index in [-0.39, 0.29) is 15.9 Å². The third-order valence-corrected chi connectivity index (χ3v) is 4.24.